The van der Waals surface area contributed by atoms with E-state index >= 15 is 0 Å². The second-order valence-corrected chi connectivity index (χ2v) is 17.1. The number of methoxy groups -OCH3 is 4. The molecule has 8 unspecified atom stereocenters. The van der Waals surface area contributed by atoms with Gasteiger partial charge in [0.25, 0.3) is 0 Å². The van der Waals surface area contributed by atoms with E-state index in [-0.39, 0.29) is 29.9 Å². The van der Waals surface area contributed by atoms with E-state index in [1.165, 1.54) is 28.4 Å². The Hall–Kier alpha value is -5.74. The van der Waals surface area contributed by atoms with Crippen LogP contribution in [0.3, 0.4) is 0 Å². The van der Waals surface area contributed by atoms with Crippen LogP contribution in [-0.4, -0.2) is 119 Å². The SMILES string of the molecule is COC(=O)NC(C(=O)N(C1CCCC1)C(C)c1ncc(-c2ccc3c(c2)-c2ccc(-c4cnc(C5CC6CCCC6N5C(=O)C(NC(=O)OC)C(C)OC)[nH]4)cc2-3)[nH]1)C(C)OC. The van der Waals surface area contributed by atoms with Crippen molar-refractivity contribution in [3.8, 4) is 44.8 Å². The third-order valence-electron chi connectivity index (χ3n) is 13.8. The van der Waals surface area contributed by atoms with Crippen LogP contribution >= 0.6 is 0 Å². The molecule has 330 valence electrons. The first-order valence-electron chi connectivity index (χ1n) is 21.7. The fourth-order valence-corrected chi connectivity index (χ4v) is 10.2. The average Bonchev–Trinajstić information content (AvgIpc) is 4.15. The fraction of sp³-hybridized carbons (Fsp3) is 0.522. The molecular weight excluding hydrogens is 793 g/mol. The maximum Gasteiger partial charge on any atom is 0.407 e. The number of benzene rings is 2. The number of alkyl carbamates (subject to hydrolysis) is 2. The molecule has 4 amide bonds. The number of aromatic amines is 2. The van der Waals surface area contributed by atoms with Gasteiger partial charge in [-0.1, -0.05) is 43.5 Å². The molecule has 0 spiro atoms. The van der Waals surface area contributed by atoms with Gasteiger partial charge in [-0.2, -0.15) is 0 Å². The standard InChI is InChI=1S/C46H58N8O8/c1-24(53(30-12-8-9-13-30)43(55)39(25(2)59-4)51-45(57)61-6)41-47-22-35(49-41)27-15-17-31-33(19-27)32-18-16-28(20-34(31)32)36-23-48-42(50-36)38-21-29-11-10-14-37(29)54(38)44(56)40(26(3)60-5)52-46(58)62-7/h15-20,22-26,29-30,37-40H,8-14,21H2,1-7H3,(H,47,49)(H,48,50)(H,51,57)(H,52,58). The van der Waals surface area contributed by atoms with E-state index in [4.69, 9.17) is 28.9 Å². The zero-order chi connectivity index (χ0) is 43.8. The molecule has 16 heteroatoms. The smallest absolute Gasteiger partial charge is 0.407 e. The van der Waals surface area contributed by atoms with Gasteiger partial charge >= 0.3 is 12.2 Å². The molecule has 3 aliphatic carbocycles. The third-order valence-corrected chi connectivity index (χ3v) is 13.8. The van der Waals surface area contributed by atoms with Crippen LogP contribution in [0.15, 0.2) is 48.8 Å². The summed E-state index contributed by atoms with van der Waals surface area (Å²) in [4.78, 5) is 73.5. The summed E-state index contributed by atoms with van der Waals surface area (Å²) in [5, 5.41) is 5.40. The molecule has 3 fully saturated rings. The minimum absolute atomic E-state index is 0.00387. The molecule has 8 atom stereocenters. The molecule has 4 aliphatic rings. The lowest BCUT2D eigenvalue weighted by Crippen LogP contribution is -2.56. The van der Waals surface area contributed by atoms with E-state index < -0.39 is 42.5 Å². The Balaban J connectivity index is 0.996. The molecule has 4 aromatic rings. The molecule has 8 rings (SSSR count). The molecule has 2 aromatic heterocycles. The van der Waals surface area contributed by atoms with Crippen LogP contribution in [0.25, 0.3) is 44.8 Å². The summed E-state index contributed by atoms with van der Waals surface area (Å²) in [6, 6.07) is 10.4. The summed E-state index contributed by atoms with van der Waals surface area (Å²) in [7, 11) is 5.60. The zero-order valence-corrected chi connectivity index (χ0v) is 36.5. The van der Waals surface area contributed by atoms with Gasteiger partial charge in [0, 0.05) is 37.4 Å². The number of nitrogens with one attached hydrogen (secondary N) is 4. The monoisotopic (exact) mass is 850 g/mol. The molecule has 4 N–H and O–H groups in total. The summed E-state index contributed by atoms with van der Waals surface area (Å²) in [5.41, 5.74) is 8.23. The number of ether oxygens (including phenoxy) is 4. The van der Waals surface area contributed by atoms with Crippen molar-refractivity contribution in [3.05, 3.63) is 60.4 Å². The Morgan fingerprint density at radius 1 is 0.726 bits per heavy atom. The second kappa shape index (κ2) is 17.9. The van der Waals surface area contributed by atoms with Crippen LogP contribution < -0.4 is 10.6 Å². The normalized spacial score (nSPS) is 21.4. The molecule has 1 aliphatic heterocycles. The summed E-state index contributed by atoms with van der Waals surface area (Å²) < 4.78 is 20.7. The highest BCUT2D eigenvalue weighted by atomic mass is 16.5. The Morgan fingerprint density at radius 2 is 1.31 bits per heavy atom. The fourth-order valence-electron chi connectivity index (χ4n) is 10.2. The number of rotatable bonds is 14. The van der Waals surface area contributed by atoms with Gasteiger partial charge < -0.3 is 49.3 Å². The van der Waals surface area contributed by atoms with E-state index in [0.29, 0.717) is 11.7 Å². The van der Waals surface area contributed by atoms with E-state index in [9.17, 15) is 19.2 Å². The number of likely N-dealkylation sites (tertiary alicyclic amines) is 1. The van der Waals surface area contributed by atoms with Crippen LogP contribution in [0.4, 0.5) is 9.59 Å². The van der Waals surface area contributed by atoms with E-state index in [0.717, 1.165) is 102 Å². The number of imidazole rings is 2. The highest BCUT2D eigenvalue weighted by Gasteiger charge is 2.50. The molecule has 3 heterocycles. The van der Waals surface area contributed by atoms with Crippen molar-refractivity contribution in [1.82, 2.24) is 40.4 Å². The minimum Gasteiger partial charge on any atom is -0.453 e. The number of aromatic nitrogens is 4. The molecular formula is C46H58N8O8. The van der Waals surface area contributed by atoms with Crippen molar-refractivity contribution in [2.24, 2.45) is 5.92 Å². The van der Waals surface area contributed by atoms with Gasteiger partial charge in [-0.15, -0.1) is 0 Å². The van der Waals surface area contributed by atoms with Crippen LogP contribution in [0.2, 0.25) is 0 Å². The number of hydrogen-bond acceptors (Lipinski definition) is 10. The van der Waals surface area contributed by atoms with Crippen molar-refractivity contribution in [1.29, 1.82) is 0 Å². The third kappa shape index (κ3) is 7.94. The number of hydrogen-bond donors (Lipinski definition) is 4. The highest BCUT2D eigenvalue weighted by Crippen LogP contribution is 2.51. The van der Waals surface area contributed by atoms with E-state index in [1.807, 2.05) is 29.1 Å². The lowest BCUT2D eigenvalue weighted by atomic mass is 9.78. The lowest BCUT2D eigenvalue weighted by molar-refractivity contribution is -0.142. The molecule has 0 bridgehead atoms. The van der Waals surface area contributed by atoms with Gasteiger partial charge in [0.2, 0.25) is 11.8 Å². The largest absolute Gasteiger partial charge is 0.453 e. The predicted octanol–water partition coefficient (Wildman–Crippen LogP) is 6.91. The van der Waals surface area contributed by atoms with Gasteiger partial charge in [-0.3, -0.25) is 9.59 Å². The van der Waals surface area contributed by atoms with E-state index in [2.05, 4.69) is 57.0 Å². The number of H-pyrrole nitrogens is 2. The number of carbonyl (C=O) groups excluding carboxylic acids is 4. The van der Waals surface area contributed by atoms with Crippen LogP contribution in [0, 0.1) is 5.92 Å². The summed E-state index contributed by atoms with van der Waals surface area (Å²) >= 11 is 0. The second-order valence-electron chi connectivity index (χ2n) is 17.1. The van der Waals surface area contributed by atoms with E-state index in [1.54, 1.807) is 13.8 Å². The van der Waals surface area contributed by atoms with Crippen molar-refractivity contribution < 1.29 is 38.1 Å². The Morgan fingerprint density at radius 3 is 1.92 bits per heavy atom. The van der Waals surface area contributed by atoms with Crippen molar-refractivity contribution in [2.75, 3.05) is 28.4 Å². The maximum absolute atomic E-state index is 14.2. The molecule has 1 saturated heterocycles. The van der Waals surface area contributed by atoms with Gasteiger partial charge in [0.1, 0.15) is 23.7 Å². The first kappa shape index (κ1) is 42.9. The predicted molar refractivity (Wildman–Crippen MR) is 230 cm³/mol. The van der Waals surface area contributed by atoms with Crippen molar-refractivity contribution >= 4 is 24.0 Å². The van der Waals surface area contributed by atoms with Crippen molar-refractivity contribution in [3.63, 3.8) is 0 Å². The summed E-state index contributed by atoms with van der Waals surface area (Å²) in [6.45, 7) is 5.50. The van der Waals surface area contributed by atoms with Crippen LogP contribution in [-0.2, 0) is 28.5 Å². The van der Waals surface area contributed by atoms with Crippen molar-refractivity contribution in [2.45, 2.75) is 121 Å². The van der Waals surface area contributed by atoms with Gasteiger partial charge in [-0.25, -0.2) is 19.6 Å². The molecule has 0 radical (unpaired) electrons. The molecule has 62 heavy (non-hydrogen) atoms. The number of fused-ring (bicyclic) bond motifs is 5. The number of carbonyl (C=O) groups is 4. The topological polar surface area (TPSA) is 193 Å². The first-order chi connectivity index (χ1) is 30.0. The summed E-state index contributed by atoms with van der Waals surface area (Å²) in [6.07, 6.45) is 8.74. The molecule has 2 aromatic carbocycles. The van der Waals surface area contributed by atoms with Crippen LogP contribution in [0.1, 0.15) is 95.9 Å². The lowest BCUT2D eigenvalue weighted by Gasteiger charge is -2.37. The Labute approximate surface area is 361 Å². The minimum atomic E-state index is -0.927. The molecule has 16 nitrogen and oxygen atoms in total. The Bertz CT molecular complexity index is 2300. The highest BCUT2D eigenvalue weighted by molar-refractivity contribution is 6.04. The molecule has 2 saturated carbocycles. The average molecular weight is 851 g/mol. The quantitative estimate of drug-likeness (QED) is 0.0913. The number of amides is 4. The Kier molecular flexibility index (Phi) is 12.4. The first-order valence-corrected chi connectivity index (χ1v) is 21.7. The van der Waals surface area contributed by atoms with Gasteiger partial charge in [0.15, 0.2) is 0 Å². The number of nitrogens with zero attached hydrogens (tertiary/aromatic N) is 4. The van der Waals surface area contributed by atoms with Gasteiger partial charge in [-0.05, 0) is 93.2 Å². The zero-order valence-electron chi connectivity index (χ0n) is 36.5. The van der Waals surface area contributed by atoms with Crippen LogP contribution in [0.5, 0.6) is 0 Å². The van der Waals surface area contributed by atoms with Gasteiger partial charge in [0.05, 0.1) is 62.3 Å². The maximum atomic E-state index is 14.2. The summed E-state index contributed by atoms with van der Waals surface area (Å²) in [5.74, 6) is 1.31.